The van der Waals surface area contributed by atoms with Gasteiger partial charge in [0, 0.05) is 6.07 Å². The third kappa shape index (κ3) is 3.98. The van der Waals surface area contributed by atoms with Crippen molar-refractivity contribution in [2.75, 3.05) is 17.3 Å². The van der Waals surface area contributed by atoms with Crippen LogP contribution in [0.2, 0.25) is 0 Å². The van der Waals surface area contributed by atoms with Crippen molar-refractivity contribution in [3.05, 3.63) is 11.8 Å². The average molecular weight is 257 g/mol. The van der Waals surface area contributed by atoms with Gasteiger partial charge in [0.15, 0.2) is 5.69 Å². The van der Waals surface area contributed by atoms with E-state index in [0.29, 0.717) is 6.07 Å². The van der Waals surface area contributed by atoms with Crippen LogP contribution in [0.15, 0.2) is 6.07 Å². The van der Waals surface area contributed by atoms with Gasteiger partial charge in [-0.2, -0.15) is 18.2 Å². The number of anilines is 2. The lowest BCUT2D eigenvalue weighted by Gasteiger charge is -2.11. The highest BCUT2D eigenvalue weighted by atomic mass is 19.4. The molecule has 1 aromatic rings. The third-order valence-electron chi connectivity index (χ3n) is 1.58. The first kappa shape index (κ1) is 13.4. The monoisotopic (exact) mass is 257 g/mol. The Morgan fingerprint density at radius 3 is 2.41 bits per heavy atom. The Labute approximate surface area is 92.2 Å². The molecule has 0 amide bonds. The maximum absolute atomic E-state index is 12.3. The number of hydrogen-bond donors (Lipinski definition) is 3. The van der Waals surface area contributed by atoms with E-state index in [0.717, 1.165) is 0 Å². The zero-order chi connectivity index (χ0) is 13.1. The number of halogens is 5. The minimum atomic E-state index is -4.71. The largest absolute Gasteiger partial charge is 0.433 e. The molecule has 0 aliphatic carbocycles. The van der Waals surface area contributed by atoms with E-state index in [2.05, 4.69) is 9.97 Å². The van der Waals surface area contributed by atoms with Crippen LogP contribution in [0.4, 0.5) is 33.7 Å². The van der Waals surface area contributed by atoms with Gasteiger partial charge in [0.2, 0.25) is 5.95 Å². The van der Waals surface area contributed by atoms with E-state index in [4.69, 9.17) is 5.84 Å². The third-order valence-corrected chi connectivity index (χ3v) is 1.58. The lowest BCUT2D eigenvalue weighted by Crippen LogP contribution is -2.18. The Morgan fingerprint density at radius 2 is 1.94 bits per heavy atom. The normalized spacial score (nSPS) is 11.7. The molecule has 0 bridgehead atoms. The van der Waals surface area contributed by atoms with Crippen LogP contribution in [0.5, 0.6) is 0 Å². The predicted octanol–water partition coefficient (Wildman–Crippen LogP) is 1.46. The first-order valence-corrected chi connectivity index (χ1v) is 4.28. The number of aromatic nitrogens is 2. The molecule has 0 radical (unpaired) electrons. The minimum absolute atomic E-state index is 0.388. The predicted molar refractivity (Wildman–Crippen MR) is 49.3 cm³/mol. The topological polar surface area (TPSA) is 75.9 Å². The van der Waals surface area contributed by atoms with Crippen molar-refractivity contribution in [2.24, 2.45) is 5.84 Å². The van der Waals surface area contributed by atoms with E-state index in [1.165, 1.54) is 0 Å². The minimum Gasteiger partial charge on any atom is -0.364 e. The van der Waals surface area contributed by atoms with Gasteiger partial charge in [0.05, 0.1) is 6.54 Å². The van der Waals surface area contributed by atoms with Gasteiger partial charge in [-0.25, -0.2) is 19.6 Å². The summed E-state index contributed by atoms with van der Waals surface area (Å²) >= 11 is 0. The Morgan fingerprint density at radius 1 is 1.29 bits per heavy atom. The van der Waals surface area contributed by atoms with Crippen LogP contribution in [-0.2, 0) is 6.18 Å². The van der Waals surface area contributed by atoms with E-state index < -0.39 is 30.8 Å². The molecular formula is C7H8F5N5. The van der Waals surface area contributed by atoms with Crippen LogP contribution in [0, 0.1) is 0 Å². The van der Waals surface area contributed by atoms with Gasteiger partial charge < -0.3 is 5.32 Å². The number of rotatable bonds is 4. The maximum atomic E-state index is 12.3. The SMILES string of the molecule is NNc1nc(NCC(F)F)cc(C(F)(F)F)n1. The fourth-order valence-corrected chi connectivity index (χ4v) is 0.929. The van der Waals surface area contributed by atoms with E-state index in [9.17, 15) is 22.0 Å². The summed E-state index contributed by atoms with van der Waals surface area (Å²) in [6, 6.07) is 0.517. The molecule has 5 nitrogen and oxygen atoms in total. The maximum Gasteiger partial charge on any atom is 0.433 e. The second-order valence-electron chi connectivity index (χ2n) is 2.88. The molecular weight excluding hydrogens is 249 g/mol. The number of hydrogen-bond acceptors (Lipinski definition) is 5. The molecule has 96 valence electrons. The van der Waals surface area contributed by atoms with Gasteiger partial charge >= 0.3 is 6.18 Å². The summed E-state index contributed by atoms with van der Waals surface area (Å²) in [5, 5.41) is 2.03. The molecule has 17 heavy (non-hydrogen) atoms. The molecule has 0 saturated carbocycles. The molecule has 0 atom stereocenters. The summed E-state index contributed by atoms with van der Waals surface area (Å²) in [7, 11) is 0. The van der Waals surface area contributed by atoms with E-state index in [1.807, 2.05) is 10.7 Å². The van der Waals surface area contributed by atoms with Crippen molar-refractivity contribution < 1.29 is 22.0 Å². The van der Waals surface area contributed by atoms with Crippen LogP contribution in [0.3, 0.4) is 0 Å². The Balaban J connectivity index is 2.97. The lowest BCUT2D eigenvalue weighted by molar-refractivity contribution is -0.141. The van der Waals surface area contributed by atoms with Gasteiger partial charge in [-0.15, -0.1) is 0 Å². The molecule has 0 unspecified atom stereocenters. The first-order chi connectivity index (χ1) is 7.82. The fourth-order valence-electron chi connectivity index (χ4n) is 0.929. The highest BCUT2D eigenvalue weighted by Crippen LogP contribution is 2.29. The molecule has 0 aliphatic rings. The van der Waals surface area contributed by atoms with Crippen LogP contribution < -0.4 is 16.6 Å². The lowest BCUT2D eigenvalue weighted by atomic mass is 10.4. The van der Waals surface area contributed by atoms with Gasteiger partial charge in [-0.05, 0) is 0 Å². The smallest absolute Gasteiger partial charge is 0.364 e. The summed E-state index contributed by atoms with van der Waals surface area (Å²) in [6.07, 6.45) is -7.43. The first-order valence-electron chi connectivity index (χ1n) is 4.28. The standard InChI is InChI=1S/C7H8F5N5/c8-4(9)2-14-5-1-3(7(10,11)12)15-6(16-5)17-13/h1,4H,2,13H2,(H2,14,15,16,17). The highest BCUT2D eigenvalue weighted by molar-refractivity contribution is 5.42. The van der Waals surface area contributed by atoms with Crippen molar-refractivity contribution in [3.8, 4) is 0 Å². The molecule has 1 heterocycles. The van der Waals surface area contributed by atoms with Crippen LogP contribution in [0.25, 0.3) is 0 Å². The molecule has 0 fully saturated rings. The van der Waals surface area contributed by atoms with Crippen molar-refractivity contribution >= 4 is 11.8 Å². The molecule has 4 N–H and O–H groups in total. The number of alkyl halides is 5. The van der Waals surface area contributed by atoms with E-state index >= 15 is 0 Å². The van der Waals surface area contributed by atoms with E-state index in [-0.39, 0.29) is 5.82 Å². The molecule has 1 rings (SSSR count). The summed E-state index contributed by atoms with van der Waals surface area (Å²) in [5.41, 5.74) is 0.537. The van der Waals surface area contributed by atoms with Crippen molar-refractivity contribution in [1.82, 2.24) is 9.97 Å². The van der Waals surface area contributed by atoms with Crippen LogP contribution in [0.1, 0.15) is 5.69 Å². The Hall–Kier alpha value is -1.71. The zero-order valence-electron chi connectivity index (χ0n) is 8.22. The van der Waals surface area contributed by atoms with Crippen molar-refractivity contribution in [3.63, 3.8) is 0 Å². The van der Waals surface area contributed by atoms with E-state index in [1.54, 1.807) is 0 Å². The van der Waals surface area contributed by atoms with Gasteiger partial charge in [-0.1, -0.05) is 0 Å². The summed E-state index contributed by atoms with van der Waals surface area (Å²) in [5.74, 6) is 3.96. The van der Waals surface area contributed by atoms with Crippen LogP contribution in [-0.4, -0.2) is 22.9 Å². The number of nitrogen functional groups attached to an aromatic ring is 1. The van der Waals surface area contributed by atoms with Crippen molar-refractivity contribution in [2.45, 2.75) is 12.6 Å². The fraction of sp³-hybridized carbons (Fsp3) is 0.429. The number of nitrogens with one attached hydrogen (secondary N) is 2. The summed E-state index contributed by atoms with van der Waals surface area (Å²) in [6.45, 7) is -0.821. The molecule has 0 spiro atoms. The number of hydrazine groups is 1. The average Bonchev–Trinajstić information content (AvgIpc) is 2.24. The molecule has 0 aliphatic heterocycles. The van der Waals surface area contributed by atoms with Crippen molar-refractivity contribution in [1.29, 1.82) is 0 Å². The molecule has 0 aromatic carbocycles. The van der Waals surface area contributed by atoms with Gasteiger partial charge in [0.1, 0.15) is 5.82 Å². The Bertz CT molecular complexity index is 379. The van der Waals surface area contributed by atoms with Crippen LogP contribution >= 0.6 is 0 Å². The number of nitrogens with two attached hydrogens (primary N) is 1. The van der Waals surface area contributed by atoms with Gasteiger partial charge in [-0.3, -0.25) is 5.43 Å². The summed E-state index contributed by atoms with van der Waals surface area (Å²) in [4.78, 5) is 6.50. The zero-order valence-corrected chi connectivity index (χ0v) is 8.22. The molecule has 10 heteroatoms. The Kier molecular flexibility index (Phi) is 3.99. The number of nitrogens with zero attached hydrogens (tertiary/aromatic N) is 2. The van der Waals surface area contributed by atoms with Gasteiger partial charge in [0.25, 0.3) is 6.43 Å². The summed E-state index contributed by atoms with van der Waals surface area (Å²) < 4.78 is 60.8. The highest BCUT2D eigenvalue weighted by Gasteiger charge is 2.33. The second kappa shape index (κ2) is 5.08. The second-order valence-corrected chi connectivity index (χ2v) is 2.88. The quantitative estimate of drug-likeness (QED) is 0.432. The molecule has 0 saturated heterocycles. The molecule has 1 aromatic heterocycles.